The maximum absolute atomic E-state index is 10.8. The zero-order valence-corrected chi connectivity index (χ0v) is 8.62. The second-order valence-electron chi connectivity index (χ2n) is 3.53. The SMILES string of the molecule is O=C(O)COCCCC1CS(=O)(=O)C1. The van der Waals surface area contributed by atoms with Crippen LogP contribution in [0.3, 0.4) is 0 Å². The summed E-state index contributed by atoms with van der Waals surface area (Å²) in [5.41, 5.74) is 0. The maximum Gasteiger partial charge on any atom is 0.329 e. The van der Waals surface area contributed by atoms with E-state index in [1.165, 1.54) is 0 Å². The largest absolute Gasteiger partial charge is 0.480 e. The van der Waals surface area contributed by atoms with Crippen molar-refractivity contribution in [3.63, 3.8) is 0 Å². The van der Waals surface area contributed by atoms with Gasteiger partial charge < -0.3 is 9.84 Å². The van der Waals surface area contributed by atoms with E-state index in [1.807, 2.05) is 0 Å². The Morgan fingerprint density at radius 1 is 1.43 bits per heavy atom. The van der Waals surface area contributed by atoms with Crippen LogP contribution in [0.5, 0.6) is 0 Å². The van der Waals surface area contributed by atoms with Crippen LogP contribution in [0.4, 0.5) is 0 Å². The molecule has 1 aliphatic heterocycles. The fourth-order valence-corrected chi connectivity index (χ4v) is 3.14. The molecule has 0 amide bonds. The highest BCUT2D eigenvalue weighted by atomic mass is 32.2. The van der Waals surface area contributed by atoms with Crippen molar-refractivity contribution in [1.29, 1.82) is 0 Å². The number of carbonyl (C=O) groups is 1. The normalized spacial score (nSPS) is 20.3. The molecule has 0 spiro atoms. The van der Waals surface area contributed by atoms with E-state index in [4.69, 9.17) is 9.84 Å². The number of aliphatic carboxylic acids is 1. The van der Waals surface area contributed by atoms with Crippen molar-refractivity contribution in [1.82, 2.24) is 0 Å². The smallest absolute Gasteiger partial charge is 0.329 e. The Morgan fingerprint density at radius 2 is 2.07 bits per heavy atom. The molecule has 0 saturated carbocycles. The van der Waals surface area contributed by atoms with Gasteiger partial charge in [0, 0.05) is 6.61 Å². The van der Waals surface area contributed by atoms with Crippen LogP contribution in [0.15, 0.2) is 0 Å². The van der Waals surface area contributed by atoms with E-state index in [0.717, 1.165) is 12.8 Å². The molecule has 0 aromatic heterocycles. The Labute approximate surface area is 83.0 Å². The molecule has 5 nitrogen and oxygen atoms in total. The summed E-state index contributed by atoms with van der Waals surface area (Å²) in [4.78, 5) is 10.0. The quantitative estimate of drug-likeness (QED) is 0.635. The molecular formula is C8H14O5S. The number of rotatable bonds is 6. The standard InChI is InChI=1S/C8H14O5S/c9-8(10)4-13-3-1-2-7-5-14(11,12)6-7/h7H,1-6H2,(H,9,10). The van der Waals surface area contributed by atoms with E-state index >= 15 is 0 Å². The summed E-state index contributed by atoms with van der Waals surface area (Å²) >= 11 is 0. The lowest BCUT2D eigenvalue weighted by Gasteiger charge is -2.25. The van der Waals surface area contributed by atoms with Crippen molar-refractivity contribution < 1.29 is 23.1 Å². The van der Waals surface area contributed by atoms with E-state index < -0.39 is 15.8 Å². The third kappa shape index (κ3) is 4.06. The van der Waals surface area contributed by atoms with Crippen molar-refractivity contribution in [2.24, 2.45) is 5.92 Å². The molecule has 1 aliphatic rings. The van der Waals surface area contributed by atoms with Crippen LogP contribution in [0, 0.1) is 5.92 Å². The predicted octanol–water partition coefficient (Wildman–Crippen LogP) is -0.0876. The summed E-state index contributed by atoms with van der Waals surface area (Å²) in [5, 5.41) is 8.24. The lowest BCUT2D eigenvalue weighted by molar-refractivity contribution is -0.142. The molecule has 0 bridgehead atoms. The summed E-state index contributed by atoms with van der Waals surface area (Å²) in [6.45, 7) is 0.117. The number of carboxylic acids is 1. The molecule has 82 valence electrons. The molecule has 1 rings (SSSR count). The highest BCUT2D eigenvalue weighted by Crippen LogP contribution is 2.22. The predicted molar refractivity (Wildman–Crippen MR) is 49.8 cm³/mol. The van der Waals surface area contributed by atoms with Crippen LogP contribution >= 0.6 is 0 Å². The average Bonchev–Trinajstić information content (AvgIpc) is 1.99. The molecule has 0 unspecified atom stereocenters. The average molecular weight is 222 g/mol. The van der Waals surface area contributed by atoms with Crippen LogP contribution in [0.1, 0.15) is 12.8 Å². The first-order valence-electron chi connectivity index (χ1n) is 4.49. The van der Waals surface area contributed by atoms with E-state index in [9.17, 15) is 13.2 Å². The number of hydrogen-bond donors (Lipinski definition) is 1. The van der Waals surface area contributed by atoms with E-state index in [-0.39, 0.29) is 24.0 Å². The maximum atomic E-state index is 10.8. The highest BCUT2D eigenvalue weighted by Gasteiger charge is 2.32. The van der Waals surface area contributed by atoms with E-state index in [1.54, 1.807) is 0 Å². The monoisotopic (exact) mass is 222 g/mol. The van der Waals surface area contributed by atoms with Gasteiger partial charge in [0.05, 0.1) is 11.5 Å². The molecule has 14 heavy (non-hydrogen) atoms. The lowest BCUT2D eigenvalue weighted by atomic mass is 10.1. The van der Waals surface area contributed by atoms with Crippen molar-refractivity contribution in [3.05, 3.63) is 0 Å². The third-order valence-corrected chi connectivity index (χ3v) is 4.06. The molecule has 1 heterocycles. The first kappa shape index (κ1) is 11.5. The Balaban J connectivity index is 1.93. The molecule has 6 heteroatoms. The Kier molecular flexibility index (Phi) is 3.88. The van der Waals surface area contributed by atoms with Crippen LogP contribution in [0.2, 0.25) is 0 Å². The van der Waals surface area contributed by atoms with Gasteiger partial charge in [0.25, 0.3) is 0 Å². The number of sulfone groups is 1. The highest BCUT2D eigenvalue weighted by molar-refractivity contribution is 7.92. The fraction of sp³-hybridized carbons (Fsp3) is 0.875. The van der Waals surface area contributed by atoms with Gasteiger partial charge in [0.2, 0.25) is 0 Å². The second-order valence-corrected chi connectivity index (χ2v) is 5.69. The Morgan fingerprint density at radius 3 is 2.57 bits per heavy atom. The third-order valence-electron chi connectivity index (χ3n) is 2.11. The molecule has 0 atom stereocenters. The van der Waals surface area contributed by atoms with Gasteiger partial charge in [0.15, 0.2) is 9.84 Å². The van der Waals surface area contributed by atoms with Gasteiger partial charge >= 0.3 is 5.97 Å². The van der Waals surface area contributed by atoms with Crippen LogP contribution < -0.4 is 0 Å². The van der Waals surface area contributed by atoms with Gasteiger partial charge in [-0.05, 0) is 18.8 Å². The number of hydrogen-bond acceptors (Lipinski definition) is 4. The van der Waals surface area contributed by atoms with Gasteiger partial charge in [-0.2, -0.15) is 0 Å². The van der Waals surface area contributed by atoms with E-state index in [0.29, 0.717) is 6.61 Å². The van der Waals surface area contributed by atoms with Crippen LogP contribution in [-0.2, 0) is 19.4 Å². The second kappa shape index (κ2) is 4.75. The molecule has 0 radical (unpaired) electrons. The summed E-state index contributed by atoms with van der Waals surface area (Å²) in [6, 6.07) is 0. The first-order valence-corrected chi connectivity index (χ1v) is 6.32. The molecular weight excluding hydrogens is 208 g/mol. The molecule has 0 aromatic carbocycles. The summed E-state index contributed by atoms with van der Waals surface area (Å²) < 4.78 is 26.3. The first-order chi connectivity index (χ1) is 6.49. The lowest BCUT2D eigenvalue weighted by Crippen LogP contribution is -2.36. The minimum absolute atomic E-state index is 0.258. The van der Waals surface area contributed by atoms with Gasteiger partial charge in [-0.25, -0.2) is 13.2 Å². The molecule has 0 aliphatic carbocycles. The van der Waals surface area contributed by atoms with Gasteiger partial charge in [-0.15, -0.1) is 0 Å². The minimum atomic E-state index is -2.72. The summed E-state index contributed by atoms with van der Waals surface area (Å²) in [6.07, 6.45) is 1.53. The Bertz CT molecular complexity index is 283. The summed E-state index contributed by atoms with van der Waals surface area (Å²) in [7, 11) is -2.72. The van der Waals surface area contributed by atoms with Gasteiger partial charge in [0.1, 0.15) is 6.61 Å². The van der Waals surface area contributed by atoms with Crippen LogP contribution in [0.25, 0.3) is 0 Å². The molecule has 0 aromatic rings. The Hall–Kier alpha value is -0.620. The van der Waals surface area contributed by atoms with Crippen molar-refractivity contribution in [2.75, 3.05) is 24.7 Å². The van der Waals surface area contributed by atoms with Crippen molar-refractivity contribution >= 4 is 15.8 Å². The zero-order valence-electron chi connectivity index (χ0n) is 7.81. The molecule has 1 fully saturated rings. The molecule has 1 N–H and O–H groups in total. The molecule has 1 saturated heterocycles. The van der Waals surface area contributed by atoms with Gasteiger partial charge in [-0.1, -0.05) is 0 Å². The number of carboxylic acid groups (broad SMARTS) is 1. The van der Waals surface area contributed by atoms with Crippen molar-refractivity contribution in [2.45, 2.75) is 12.8 Å². The van der Waals surface area contributed by atoms with E-state index in [2.05, 4.69) is 0 Å². The number of ether oxygens (including phenoxy) is 1. The van der Waals surface area contributed by atoms with Crippen molar-refractivity contribution in [3.8, 4) is 0 Å². The van der Waals surface area contributed by atoms with Gasteiger partial charge in [-0.3, -0.25) is 0 Å². The van der Waals surface area contributed by atoms with Crippen LogP contribution in [-0.4, -0.2) is 44.2 Å². The zero-order chi connectivity index (χ0) is 10.6. The topological polar surface area (TPSA) is 80.7 Å². The fourth-order valence-electron chi connectivity index (χ4n) is 1.47. The summed E-state index contributed by atoms with van der Waals surface area (Å²) in [5.74, 6) is -0.151. The minimum Gasteiger partial charge on any atom is -0.480 e.